The summed E-state index contributed by atoms with van der Waals surface area (Å²) in [5.74, 6) is 0. The molecule has 102 valence electrons. The van der Waals surface area contributed by atoms with Crippen LogP contribution < -0.4 is 0 Å². The lowest BCUT2D eigenvalue weighted by Crippen LogP contribution is -2.38. The van der Waals surface area contributed by atoms with E-state index in [0.717, 1.165) is 6.29 Å². The summed E-state index contributed by atoms with van der Waals surface area (Å²) in [5, 5.41) is 0.300. The number of hydrogen-bond donors (Lipinski definition) is 0. The zero-order chi connectivity index (χ0) is 13.9. The van der Waals surface area contributed by atoms with Gasteiger partial charge >= 0.3 is 0 Å². The van der Waals surface area contributed by atoms with Crippen LogP contribution in [0.4, 0.5) is 0 Å². The Balaban J connectivity index is 4.42. The van der Waals surface area contributed by atoms with Crippen molar-refractivity contribution in [2.75, 3.05) is 0 Å². The predicted molar refractivity (Wildman–Crippen MR) is 77.5 cm³/mol. The highest BCUT2D eigenvalue weighted by Crippen LogP contribution is 2.30. The van der Waals surface area contributed by atoms with Gasteiger partial charge in [-0.2, -0.15) is 0 Å². The Kier molecular flexibility index (Phi) is 6.28. The second kappa shape index (κ2) is 6.27. The summed E-state index contributed by atoms with van der Waals surface area (Å²) in [6.45, 7) is 17.1. The number of aldehydes is 1. The fourth-order valence-corrected chi connectivity index (χ4v) is 2.91. The van der Waals surface area contributed by atoms with Crippen LogP contribution in [-0.4, -0.2) is 30.7 Å². The van der Waals surface area contributed by atoms with Gasteiger partial charge in [-0.25, -0.2) is 0 Å². The minimum Gasteiger partial charge on any atom is -0.391 e. The van der Waals surface area contributed by atoms with E-state index >= 15 is 0 Å². The van der Waals surface area contributed by atoms with Crippen LogP contribution in [0, 0.1) is 0 Å². The summed E-state index contributed by atoms with van der Waals surface area (Å²) in [6, 6.07) is 0. The topological polar surface area (TPSA) is 35.5 Å². The van der Waals surface area contributed by atoms with Crippen molar-refractivity contribution in [1.82, 2.24) is 0 Å². The van der Waals surface area contributed by atoms with Crippen LogP contribution in [0.3, 0.4) is 0 Å². The van der Waals surface area contributed by atoms with Crippen molar-refractivity contribution in [1.29, 1.82) is 0 Å². The molecule has 0 fully saturated rings. The molecule has 0 N–H and O–H groups in total. The van der Waals surface area contributed by atoms with Gasteiger partial charge in [0.15, 0.2) is 30.7 Å². The molecule has 0 heterocycles. The van der Waals surface area contributed by atoms with Gasteiger partial charge in [0.2, 0.25) is 0 Å². The predicted octanol–water partition coefficient (Wildman–Crippen LogP) is 2.85. The second-order valence-corrected chi connectivity index (χ2v) is 13.4. The van der Waals surface area contributed by atoms with Gasteiger partial charge in [0.05, 0.1) is 0 Å². The van der Waals surface area contributed by atoms with Gasteiger partial charge < -0.3 is 8.85 Å². The molecule has 0 saturated carbocycles. The van der Waals surface area contributed by atoms with E-state index in [9.17, 15) is 4.79 Å². The molecule has 0 aromatic carbocycles. The van der Waals surface area contributed by atoms with Crippen molar-refractivity contribution in [3.8, 4) is 0 Å². The van der Waals surface area contributed by atoms with Crippen LogP contribution in [0.1, 0.15) is 41.5 Å². The average Bonchev–Trinajstić information content (AvgIpc) is 2.13. The van der Waals surface area contributed by atoms with Gasteiger partial charge in [-0.3, -0.25) is 4.79 Å². The Morgan fingerprint density at radius 3 is 1.35 bits per heavy atom. The first kappa shape index (κ1) is 17.0. The van der Waals surface area contributed by atoms with Gasteiger partial charge in [-0.05, 0) is 23.2 Å². The van der Waals surface area contributed by atoms with E-state index in [1.54, 1.807) is 0 Å². The molecule has 0 amide bonds. The van der Waals surface area contributed by atoms with Gasteiger partial charge in [0, 0.05) is 0 Å². The van der Waals surface area contributed by atoms with Crippen molar-refractivity contribution in [3.05, 3.63) is 0 Å². The molecule has 2 unspecified atom stereocenters. The van der Waals surface area contributed by atoms with E-state index in [1.807, 2.05) is 0 Å². The first-order valence-corrected chi connectivity index (χ1v) is 10.7. The van der Waals surface area contributed by atoms with Crippen molar-refractivity contribution in [2.24, 2.45) is 0 Å². The lowest BCUT2D eigenvalue weighted by Gasteiger charge is -2.32. The van der Waals surface area contributed by atoms with Crippen molar-refractivity contribution < 1.29 is 13.6 Å². The molecule has 3 nitrogen and oxygen atoms in total. The number of carbonyl (C=O) groups excluding carboxylic acids is 1. The largest absolute Gasteiger partial charge is 0.391 e. The second-order valence-electron chi connectivity index (χ2n) is 6.79. The molecule has 0 rings (SSSR count). The van der Waals surface area contributed by atoms with E-state index in [-0.39, 0.29) is 10.1 Å². The monoisotopic (exact) mass is 276 g/mol. The number of carbonyl (C=O) groups is 1. The average molecular weight is 277 g/mol. The van der Waals surface area contributed by atoms with E-state index in [2.05, 4.69) is 54.6 Å². The van der Waals surface area contributed by atoms with Crippen LogP contribution in [-0.2, 0) is 13.6 Å². The summed E-state index contributed by atoms with van der Waals surface area (Å²) in [5.41, 5.74) is 0. The Labute approximate surface area is 109 Å². The van der Waals surface area contributed by atoms with Gasteiger partial charge in [0.25, 0.3) is 0 Å². The summed E-state index contributed by atoms with van der Waals surface area (Å²) < 4.78 is 11.6. The third-order valence-electron chi connectivity index (χ3n) is 3.23. The standard InChI is InChI=1S/C12H28O3Si2/c1-11(2,3)16(7)14-10(9-13)15-17(8)12(4,5)6/h9-10,16-17H,1-8H3. The minimum absolute atomic E-state index is 0.150. The highest BCUT2D eigenvalue weighted by molar-refractivity contribution is 6.55. The van der Waals surface area contributed by atoms with Gasteiger partial charge in [-0.1, -0.05) is 41.5 Å². The SMILES string of the molecule is C[SiH](OC(C=O)O[SiH](C)C(C)(C)C)C(C)(C)C. The van der Waals surface area contributed by atoms with E-state index < -0.39 is 24.4 Å². The molecule has 0 aromatic rings. The minimum atomic E-state index is -1.41. The maximum absolute atomic E-state index is 11.0. The highest BCUT2D eigenvalue weighted by Gasteiger charge is 2.30. The van der Waals surface area contributed by atoms with Crippen molar-refractivity contribution >= 4 is 24.4 Å². The van der Waals surface area contributed by atoms with Crippen molar-refractivity contribution in [2.45, 2.75) is 71.0 Å². The van der Waals surface area contributed by atoms with Gasteiger partial charge in [0.1, 0.15) is 0 Å². The third-order valence-corrected chi connectivity index (χ3v) is 9.46. The van der Waals surface area contributed by atoms with Crippen LogP contribution >= 0.6 is 0 Å². The van der Waals surface area contributed by atoms with Crippen LogP contribution in [0.5, 0.6) is 0 Å². The molecule has 0 saturated heterocycles. The fourth-order valence-electron chi connectivity index (χ4n) is 0.907. The summed E-state index contributed by atoms with van der Waals surface area (Å²) >= 11 is 0. The maximum atomic E-state index is 11.0. The molecule has 0 aromatic heterocycles. The smallest absolute Gasteiger partial charge is 0.195 e. The molecule has 5 heteroatoms. The molecule has 2 atom stereocenters. The number of hydrogen-bond acceptors (Lipinski definition) is 3. The zero-order valence-corrected chi connectivity index (χ0v) is 14.8. The van der Waals surface area contributed by atoms with E-state index in [4.69, 9.17) is 8.85 Å². The summed E-state index contributed by atoms with van der Waals surface area (Å²) in [6.07, 6.45) is 0.140. The van der Waals surface area contributed by atoms with Gasteiger partial charge in [-0.15, -0.1) is 0 Å². The van der Waals surface area contributed by atoms with Crippen LogP contribution in [0.2, 0.25) is 23.2 Å². The van der Waals surface area contributed by atoms with E-state index in [0.29, 0.717) is 0 Å². The van der Waals surface area contributed by atoms with Crippen LogP contribution in [0.15, 0.2) is 0 Å². The fraction of sp³-hybridized carbons (Fsp3) is 0.917. The Morgan fingerprint density at radius 1 is 0.882 bits per heavy atom. The maximum Gasteiger partial charge on any atom is 0.195 e. The molecule has 0 bridgehead atoms. The Bertz CT molecular complexity index is 221. The quantitative estimate of drug-likeness (QED) is 0.440. The first-order valence-electron chi connectivity index (χ1n) is 6.24. The Morgan fingerprint density at radius 2 is 1.18 bits per heavy atom. The van der Waals surface area contributed by atoms with E-state index in [1.165, 1.54) is 0 Å². The van der Waals surface area contributed by atoms with Crippen LogP contribution in [0.25, 0.3) is 0 Å². The normalized spacial score (nSPS) is 18.6. The number of rotatable bonds is 5. The lowest BCUT2D eigenvalue weighted by molar-refractivity contribution is -0.126. The molecular formula is C12H28O3Si2. The first-order chi connectivity index (χ1) is 7.48. The molecule has 0 aliphatic rings. The molecule has 0 radical (unpaired) electrons. The Hall–Kier alpha value is 0.0238. The molecule has 0 aliphatic heterocycles. The zero-order valence-electron chi connectivity index (χ0n) is 12.5. The summed E-state index contributed by atoms with van der Waals surface area (Å²) in [4.78, 5) is 11.0. The molecule has 0 spiro atoms. The third kappa shape index (κ3) is 6.50. The highest BCUT2D eigenvalue weighted by atomic mass is 28.3. The molecule has 17 heavy (non-hydrogen) atoms. The summed E-state index contributed by atoms with van der Waals surface area (Å²) in [7, 11) is -2.83. The lowest BCUT2D eigenvalue weighted by atomic mass is 10.3. The van der Waals surface area contributed by atoms with Crippen molar-refractivity contribution in [3.63, 3.8) is 0 Å². The molecule has 0 aliphatic carbocycles. The molecular weight excluding hydrogens is 248 g/mol.